The largest absolute Gasteiger partial charge is 0.338 e. The number of hydrogen-bond acceptors (Lipinski definition) is 3. The van der Waals surface area contributed by atoms with Gasteiger partial charge in [0.25, 0.3) is 0 Å². The van der Waals surface area contributed by atoms with Crippen molar-refractivity contribution < 1.29 is 9.59 Å². The molecule has 6 heteroatoms. The highest BCUT2D eigenvalue weighted by Crippen LogP contribution is 2.25. The van der Waals surface area contributed by atoms with E-state index in [4.69, 9.17) is 0 Å². The van der Waals surface area contributed by atoms with Gasteiger partial charge in [0.1, 0.15) is 6.04 Å². The van der Waals surface area contributed by atoms with Crippen LogP contribution in [-0.4, -0.2) is 59.9 Å². The van der Waals surface area contributed by atoms with Crippen molar-refractivity contribution in [1.29, 1.82) is 0 Å². The van der Waals surface area contributed by atoms with Crippen LogP contribution in [0.3, 0.4) is 0 Å². The van der Waals surface area contributed by atoms with Crippen LogP contribution in [0.2, 0.25) is 0 Å². The molecule has 2 aliphatic rings. The van der Waals surface area contributed by atoms with Gasteiger partial charge in [-0.2, -0.15) is 0 Å². The van der Waals surface area contributed by atoms with Crippen molar-refractivity contribution in [2.75, 3.05) is 26.2 Å². The summed E-state index contributed by atoms with van der Waals surface area (Å²) in [5.74, 6) is 0.268. The molecule has 0 aromatic carbocycles. The highest BCUT2D eigenvalue weighted by Gasteiger charge is 2.38. The molecule has 2 aliphatic heterocycles. The van der Waals surface area contributed by atoms with Crippen LogP contribution >= 0.6 is 12.4 Å². The Labute approximate surface area is 140 Å². The molecule has 0 radical (unpaired) electrons. The summed E-state index contributed by atoms with van der Waals surface area (Å²) in [4.78, 5) is 28.9. The molecule has 2 fully saturated rings. The van der Waals surface area contributed by atoms with Gasteiger partial charge in [-0.05, 0) is 25.2 Å². The molecule has 2 heterocycles. The van der Waals surface area contributed by atoms with Gasteiger partial charge >= 0.3 is 0 Å². The zero-order valence-corrected chi connectivity index (χ0v) is 15.0. The summed E-state index contributed by atoms with van der Waals surface area (Å²) in [7, 11) is 0. The number of halogens is 1. The standard InChI is InChI=1S/C16H29N3O2.ClH/c1-12-11-18(9-7-17-12)15(21)13-6-5-8-19(13)14(20)10-16(2,3)4;/h12-13,17H,5-11H2,1-4H3;1H. The molecule has 2 unspecified atom stereocenters. The zero-order chi connectivity index (χ0) is 15.6. The monoisotopic (exact) mass is 331 g/mol. The lowest BCUT2D eigenvalue weighted by molar-refractivity contribution is -0.145. The van der Waals surface area contributed by atoms with Crippen molar-refractivity contribution >= 4 is 24.2 Å². The summed E-state index contributed by atoms with van der Waals surface area (Å²) in [5.41, 5.74) is -0.0309. The van der Waals surface area contributed by atoms with Crippen molar-refractivity contribution in [2.24, 2.45) is 5.41 Å². The van der Waals surface area contributed by atoms with Crippen molar-refractivity contribution in [1.82, 2.24) is 15.1 Å². The van der Waals surface area contributed by atoms with E-state index in [2.05, 4.69) is 33.0 Å². The van der Waals surface area contributed by atoms with Crippen LogP contribution in [0.5, 0.6) is 0 Å². The molecule has 0 aromatic heterocycles. The quantitative estimate of drug-likeness (QED) is 0.837. The first-order chi connectivity index (χ1) is 9.78. The molecule has 0 spiro atoms. The van der Waals surface area contributed by atoms with E-state index >= 15 is 0 Å². The summed E-state index contributed by atoms with van der Waals surface area (Å²) in [6.45, 7) is 11.4. The third-order valence-electron chi connectivity index (χ3n) is 4.22. The Morgan fingerprint density at radius 1 is 1.23 bits per heavy atom. The Morgan fingerprint density at radius 2 is 1.91 bits per heavy atom. The molecule has 2 atom stereocenters. The topological polar surface area (TPSA) is 52.7 Å². The van der Waals surface area contributed by atoms with E-state index in [1.165, 1.54) is 0 Å². The number of hydrogen-bond donors (Lipinski definition) is 1. The van der Waals surface area contributed by atoms with E-state index in [1.54, 1.807) is 0 Å². The SMILES string of the molecule is CC1CN(C(=O)C2CCCN2C(=O)CC(C)(C)C)CCN1.Cl. The number of amides is 2. The predicted octanol–water partition coefficient (Wildman–Crippen LogP) is 1.66. The Kier molecular flexibility index (Phi) is 6.68. The molecule has 0 aromatic rings. The highest BCUT2D eigenvalue weighted by molar-refractivity contribution is 5.88. The van der Waals surface area contributed by atoms with Crippen molar-refractivity contribution in [3.8, 4) is 0 Å². The molecule has 22 heavy (non-hydrogen) atoms. The molecular weight excluding hydrogens is 302 g/mol. The number of carbonyl (C=O) groups excluding carboxylic acids is 2. The van der Waals surface area contributed by atoms with Gasteiger partial charge in [-0.1, -0.05) is 20.8 Å². The van der Waals surface area contributed by atoms with Crippen LogP contribution < -0.4 is 5.32 Å². The Morgan fingerprint density at radius 3 is 2.50 bits per heavy atom. The van der Waals surface area contributed by atoms with E-state index in [0.717, 1.165) is 39.0 Å². The van der Waals surface area contributed by atoms with Gasteiger partial charge in [0.05, 0.1) is 0 Å². The van der Waals surface area contributed by atoms with E-state index in [9.17, 15) is 9.59 Å². The van der Waals surface area contributed by atoms with Crippen LogP contribution in [0, 0.1) is 5.41 Å². The van der Waals surface area contributed by atoms with Crippen LogP contribution in [0.4, 0.5) is 0 Å². The smallest absolute Gasteiger partial charge is 0.245 e. The maximum atomic E-state index is 12.7. The average molecular weight is 332 g/mol. The summed E-state index contributed by atoms with van der Waals surface area (Å²) in [5, 5.41) is 3.35. The maximum absolute atomic E-state index is 12.7. The second kappa shape index (κ2) is 7.64. The molecule has 2 rings (SSSR count). The Hall–Kier alpha value is -0.810. The lowest BCUT2D eigenvalue weighted by atomic mass is 9.91. The van der Waals surface area contributed by atoms with Crippen LogP contribution in [0.25, 0.3) is 0 Å². The highest BCUT2D eigenvalue weighted by atomic mass is 35.5. The minimum Gasteiger partial charge on any atom is -0.338 e. The number of likely N-dealkylation sites (tertiary alicyclic amines) is 1. The average Bonchev–Trinajstić information content (AvgIpc) is 2.85. The molecule has 1 N–H and O–H groups in total. The predicted molar refractivity (Wildman–Crippen MR) is 90.1 cm³/mol. The molecule has 2 amide bonds. The molecule has 0 saturated carbocycles. The van der Waals surface area contributed by atoms with Gasteiger partial charge in [0.2, 0.25) is 11.8 Å². The van der Waals surface area contributed by atoms with E-state index in [-0.39, 0.29) is 35.7 Å². The fraction of sp³-hybridized carbons (Fsp3) is 0.875. The fourth-order valence-electron chi connectivity index (χ4n) is 3.22. The number of carbonyl (C=O) groups is 2. The van der Waals surface area contributed by atoms with Crippen LogP contribution in [-0.2, 0) is 9.59 Å². The number of rotatable bonds is 2. The molecular formula is C16H30ClN3O2. The first-order valence-electron chi connectivity index (χ1n) is 8.09. The summed E-state index contributed by atoms with van der Waals surface area (Å²) < 4.78 is 0. The lowest BCUT2D eigenvalue weighted by Gasteiger charge is -2.36. The number of nitrogens with one attached hydrogen (secondary N) is 1. The molecule has 2 saturated heterocycles. The minimum atomic E-state index is -0.231. The Bertz CT molecular complexity index is 409. The van der Waals surface area contributed by atoms with Gasteiger partial charge < -0.3 is 15.1 Å². The third-order valence-corrected chi connectivity index (χ3v) is 4.22. The van der Waals surface area contributed by atoms with Gasteiger partial charge in [-0.15, -0.1) is 12.4 Å². The first-order valence-corrected chi connectivity index (χ1v) is 8.09. The molecule has 0 bridgehead atoms. The normalized spacial score (nSPS) is 25.8. The second-order valence-corrected chi connectivity index (χ2v) is 7.62. The van der Waals surface area contributed by atoms with Gasteiger partial charge in [0, 0.05) is 38.6 Å². The molecule has 5 nitrogen and oxygen atoms in total. The Balaban J connectivity index is 0.00000242. The van der Waals surface area contributed by atoms with E-state index < -0.39 is 0 Å². The van der Waals surface area contributed by atoms with Crippen molar-refractivity contribution in [2.45, 2.75) is 59.0 Å². The van der Waals surface area contributed by atoms with Crippen LogP contribution in [0.15, 0.2) is 0 Å². The summed E-state index contributed by atoms with van der Waals surface area (Å²) in [6.07, 6.45) is 2.26. The minimum absolute atomic E-state index is 0. The van der Waals surface area contributed by atoms with Crippen molar-refractivity contribution in [3.05, 3.63) is 0 Å². The lowest BCUT2D eigenvalue weighted by Crippen LogP contribution is -2.56. The van der Waals surface area contributed by atoms with E-state index in [1.807, 2.05) is 9.80 Å². The van der Waals surface area contributed by atoms with Crippen LogP contribution in [0.1, 0.15) is 47.0 Å². The third kappa shape index (κ3) is 4.85. The van der Waals surface area contributed by atoms with Crippen molar-refractivity contribution in [3.63, 3.8) is 0 Å². The number of nitrogens with zero attached hydrogens (tertiary/aromatic N) is 2. The maximum Gasteiger partial charge on any atom is 0.245 e. The first kappa shape index (κ1) is 19.2. The van der Waals surface area contributed by atoms with E-state index in [0.29, 0.717) is 12.5 Å². The fourth-order valence-corrected chi connectivity index (χ4v) is 3.22. The second-order valence-electron chi connectivity index (χ2n) is 7.62. The van der Waals surface area contributed by atoms with Gasteiger partial charge in [-0.25, -0.2) is 0 Å². The molecule has 0 aliphatic carbocycles. The van der Waals surface area contributed by atoms with Gasteiger partial charge in [-0.3, -0.25) is 9.59 Å². The van der Waals surface area contributed by atoms with Gasteiger partial charge in [0.15, 0.2) is 0 Å². The number of piperazine rings is 1. The zero-order valence-electron chi connectivity index (χ0n) is 14.2. The summed E-state index contributed by atoms with van der Waals surface area (Å²) in [6, 6.07) is 0.105. The molecule has 128 valence electrons. The summed E-state index contributed by atoms with van der Waals surface area (Å²) >= 11 is 0.